The van der Waals surface area contributed by atoms with Crippen molar-refractivity contribution < 1.29 is 13.9 Å². The van der Waals surface area contributed by atoms with Gasteiger partial charge in [0.05, 0.1) is 17.8 Å². The van der Waals surface area contributed by atoms with Gasteiger partial charge in [0.2, 0.25) is 0 Å². The molecule has 0 atom stereocenters. The first-order chi connectivity index (χ1) is 15.5. The van der Waals surface area contributed by atoms with E-state index in [0.29, 0.717) is 31.9 Å². The third-order valence-corrected chi connectivity index (χ3v) is 6.78. The van der Waals surface area contributed by atoms with Crippen molar-refractivity contribution in [2.24, 2.45) is 0 Å². The number of fused-ring (bicyclic) bond motifs is 1. The Bertz CT molecular complexity index is 1280. The summed E-state index contributed by atoms with van der Waals surface area (Å²) in [5.41, 5.74) is 3.24. The summed E-state index contributed by atoms with van der Waals surface area (Å²) in [6.07, 6.45) is 1.90. The summed E-state index contributed by atoms with van der Waals surface area (Å²) in [5, 5.41) is 1.96. The van der Waals surface area contributed by atoms with Gasteiger partial charge in [-0.15, -0.1) is 11.3 Å². The van der Waals surface area contributed by atoms with Gasteiger partial charge in [0.1, 0.15) is 17.3 Å². The quantitative estimate of drug-likeness (QED) is 0.429. The molecular weight excluding hydrogens is 451 g/mol. The Balaban J connectivity index is 1.31. The Morgan fingerprint density at radius 2 is 1.88 bits per heavy atom. The second kappa shape index (κ2) is 8.44. The Hall–Kier alpha value is -3.10. The number of carbonyl (C=O) groups is 1. The van der Waals surface area contributed by atoms with Gasteiger partial charge in [-0.3, -0.25) is 9.20 Å². The number of thiazole rings is 1. The smallest absolute Gasteiger partial charge is 0.271 e. The van der Waals surface area contributed by atoms with Crippen LogP contribution in [0.4, 0.5) is 10.1 Å². The third kappa shape index (κ3) is 3.80. The molecule has 3 heterocycles. The van der Waals surface area contributed by atoms with Crippen LogP contribution in [0.1, 0.15) is 10.5 Å². The second-order valence-corrected chi connectivity index (χ2v) is 8.75. The number of amides is 1. The van der Waals surface area contributed by atoms with Crippen LogP contribution in [0.5, 0.6) is 5.75 Å². The zero-order valence-corrected chi connectivity index (χ0v) is 18.9. The summed E-state index contributed by atoms with van der Waals surface area (Å²) >= 11 is 7.37. The van der Waals surface area contributed by atoms with Gasteiger partial charge in [-0.25, -0.2) is 9.37 Å². The monoisotopic (exact) mass is 470 g/mol. The maximum Gasteiger partial charge on any atom is 0.271 e. The topological polar surface area (TPSA) is 50.1 Å². The Kier molecular flexibility index (Phi) is 5.48. The molecule has 1 aliphatic rings. The molecule has 0 aliphatic carbocycles. The first kappa shape index (κ1) is 20.8. The van der Waals surface area contributed by atoms with Gasteiger partial charge in [0.15, 0.2) is 4.96 Å². The molecule has 5 rings (SSSR count). The van der Waals surface area contributed by atoms with Crippen LogP contribution in [0.2, 0.25) is 5.02 Å². The summed E-state index contributed by atoms with van der Waals surface area (Å²) < 4.78 is 20.5. The van der Waals surface area contributed by atoms with Crippen molar-refractivity contribution >= 4 is 39.5 Å². The molecule has 1 saturated heterocycles. The molecule has 9 heteroatoms. The molecule has 0 bridgehead atoms. The van der Waals surface area contributed by atoms with E-state index in [1.54, 1.807) is 19.2 Å². The average molecular weight is 471 g/mol. The molecule has 6 nitrogen and oxygen atoms in total. The van der Waals surface area contributed by atoms with E-state index in [9.17, 15) is 9.18 Å². The molecule has 0 spiro atoms. The number of hydrogen-bond donors (Lipinski definition) is 0. The molecule has 1 fully saturated rings. The van der Waals surface area contributed by atoms with Crippen LogP contribution >= 0.6 is 22.9 Å². The molecule has 4 aromatic rings. The molecule has 0 saturated carbocycles. The molecule has 0 N–H and O–H groups in total. The van der Waals surface area contributed by atoms with E-state index < -0.39 is 5.82 Å². The first-order valence-electron chi connectivity index (χ1n) is 10.1. The van der Waals surface area contributed by atoms with E-state index in [1.807, 2.05) is 45.1 Å². The fourth-order valence-corrected chi connectivity index (χ4v) is 4.87. The summed E-state index contributed by atoms with van der Waals surface area (Å²) in [7, 11) is 1.63. The van der Waals surface area contributed by atoms with E-state index in [1.165, 1.54) is 17.4 Å². The van der Waals surface area contributed by atoms with E-state index in [0.717, 1.165) is 27.7 Å². The minimum Gasteiger partial charge on any atom is -0.497 e. The fourth-order valence-electron chi connectivity index (χ4n) is 3.85. The maximum atomic E-state index is 13.4. The maximum absolute atomic E-state index is 13.4. The van der Waals surface area contributed by atoms with E-state index in [4.69, 9.17) is 16.3 Å². The number of rotatable bonds is 4. The molecule has 2 aromatic carbocycles. The average Bonchev–Trinajstić information content (AvgIpc) is 3.42. The van der Waals surface area contributed by atoms with Crippen molar-refractivity contribution in [1.82, 2.24) is 14.3 Å². The normalized spacial score (nSPS) is 14.2. The number of carbonyl (C=O) groups excluding carboxylic acids is 1. The molecule has 2 aromatic heterocycles. The number of anilines is 1. The minimum atomic E-state index is -0.431. The van der Waals surface area contributed by atoms with Crippen LogP contribution in [0, 0.1) is 5.82 Å². The van der Waals surface area contributed by atoms with Gasteiger partial charge >= 0.3 is 0 Å². The van der Waals surface area contributed by atoms with Gasteiger partial charge in [-0.05, 0) is 42.5 Å². The van der Waals surface area contributed by atoms with Gasteiger partial charge in [-0.2, -0.15) is 0 Å². The van der Waals surface area contributed by atoms with Crippen LogP contribution in [-0.2, 0) is 0 Å². The van der Waals surface area contributed by atoms with Gasteiger partial charge in [0.25, 0.3) is 5.91 Å². The molecular formula is C23H20ClFN4O2S. The zero-order chi connectivity index (χ0) is 22.2. The highest BCUT2D eigenvalue weighted by molar-refractivity contribution is 7.15. The lowest BCUT2D eigenvalue weighted by Gasteiger charge is -2.36. The number of halogens is 2. The van der Waals surface area contributed by atoms with Crippen LogP contribution in [0.25, 0.3) is 16.2 Å². The lowest BCUT2D eigenvalue weighted by Crippen LogP contribution is -2.49. The van der Waals surface area contributed by atoms with Crippen LogP contribution in [-0.4, -0.2) is 53.5 Å². The number of methoxy groups -OCH3 is 1. The number of benzene rings is 2. The number of aromatic nitrogens is 2. The lowest BCUT2D eigenvalue weighted by atomic mass is 10.2. The largest absolute Gasteiger partial charge is 0.497 e. The van der Waals surface area contributed by atoms with E-state index in [2.05, 4.69) is 9.88 Å². The highest BCUT2D eigenvalue weighted by Gasteiger charge is 2.25. The Morgan fingerprint density at radius 1 is 1.12 bits per heavy atom. The molecule has 164 valence electrons. The summed E-state index contributed by atoms with van der Waals surface area (Å²) in [6.45, 7) is 2.46. The molecule has 0 unspecified atom stereocenters. The molecule has 1 aliphatic heterocycles. The number of nitrogens with zero attached hydrogens (tertiary/aromatic N) is 4. The summed E-state index contributed by atoms with van der Waals surface area (Å²) in [5.74, 6) is 0.333. The van der Waals surface area contributed by atoms with Gasteiger partial charge in [0, 0.05) is 49.0 Å². The minimum absolute atomic E-state index is 0.0216. The zero-order valence-electron chi connectivity index (χ0n) is 17.3. The third-order valence-electron chi connectivity index (χ3n) is 5.65. The van der Waals surface area contributed by atoms with Gasteiger partial charge < -0.3 is 14.5 Å². The summed E-state index contributed by atoms with van der Waals surface area (Å²) in [4.78, 5) is 22.6. The SMILES string of the molecule is COc1ccc(-c2cn3c(C(=O)N4CCN(c5ccc(F)c(Cl)c5)CC4)csc3n2)cc1. The van der Waals surface area contributed by atoms with Crippen molar-refractivity contribution in [3.8, 4) is 17.0 Å². The molecule has 1 amide bonds. The molecule has 32 heavy (non-hydrogen) atoms. The van der Waals surface area contributed by atoms with Gasteiger partial charge in [-0.1, -0.05) is 11.6 Å². The standard InChI is InChI=1S/C23H20ClFN4O2S/c1-31-17-5-2-15(3-6-17)20-13-29-21(14-32-23(29)26-20)22(30)28-10-8-27(9-11-28)16-4-7-19(25)18(24)12-16/h2-7,12-14H,8-11H2,1H3. The summed E-state index contributed by atoms with van der Waals surface area (Å²) in [6, 6.07) is 12.4. The number of imidazole rings is 1. The van der Waals surface area contributed by atoms with E-state index in [-0.39, 0.29) is 10.9 Å². The highest BCUT2D eigenvalue weighted by atomic mass is 35.5. The van der Waals surface area contributed by atoms with Crippen molar-refractivity contribution in [2.45, 2.75) is 0 Å². The number of piperazine rings is 1. The van der Waals surface area contributed by atoms with Crippen LogP contribution < -0.4 is 9.64 Å². The van der Waals surface area contributed by atoms with Crippen molar-refractivity contribution in [3.63, 3.8) is 0 Å². The Morgan fingerprint density at radius 3 is 2.56 bits per heavy atom. The van der Waals surface area contributed by atoms with E-state index >= 15 is 0 Å². The number of hydrogen-bond acceptors (Lipinski definition) is 5. The highest BCUT2D eigenvalue weighted by Crippen LogP contribution is 2.27. The second-order valence-electron chi connectivity index (χ2n) is 7.51. The van der Waals surface area contributed by atoms with Crippen molar-refractivity contribution in [2.75, 3.05) is 38.2 Å². The van der Waals surface area contributed by atoms with Crippen LogP contribution in [0.3, 0.4) is 0 Å². The fraction of sp³-hybridized carbons (Fsp3) is 0.217. The predicted molar refractivity (Wildman–Crippen MR) is 125 cm³/mol. The number of ether oxygens (including phenoxy) is 1. The van der Waals surface area contributed by atoms with Crippen LogP contribution in [0.15, 0.2) is 54.0 Å². The molecule has 0 radical (unpaired) electrons. The van der Waals surface area contributed by atoms with Crippen molar-refractivity contribution in [1.29, 1.82) is 0 Å². The first-order valence-corrected chi connectivity index (χ1v) is 11.4. The van der Waals surface area contributed by atoms with Crippen molar-refractivity contribution in [3.05, 3.63) is 70.6 Å². The Labute approximate surface area is 193 Å². The lowest BCUT2D eigenvalue weighted by molar-refractivity contribution is 0.0740. The predicted octanol–water partition coefficient (Wildman–Crippen LogP) is 4.83.